The fourth-order valence-electron chi connectivity index (χ4n) is 3.50. The number of aromatic nitrogens is 1. The summed E-state index contributed by atoms with van der Waals surface area (Å²) in [6, 6.07) is 20.2. The lowest BCUT2D eigenvalue weighted by atomic mass is 10.1. The number of carbonyl (C=O) groups excluding carboxylic acids is 1. The molecule has 2 heterocycles. The molecule has 0 spiro atoms. The molecule has 2 aromatic carbocycles. The van der Waals surface area contributed by atoms with Crippen LogP contribution in [0.4, 0.5) is 0 Å². The summed E-state index contributed by atoms with van der Waals surface area (Å²) in [6.45, 7) is 5.98. The summed E-state index contributed by atoms with van der Waals surface area (Å²) in [5.41, 5.74) is 4.22. The standard InChI is InChI=1S/C23H25N3O2/c1-18-7-9-19(10-8-18)15-23(27)26-13-11-25(12-14-26)17-21-16-22(24-28-21)20-5-3-2-4-6-20/h2-10,16H,11-15,17H2,1H3. The van der Waals surface area contributed by atoms with Gasteiger partial charge in [-0.05, 0) is 12.5 Å². The van der Waals surface area contributed by atoms with Gasteiger partial charge in [0.15, 0.2) is 5.76 Å². The Morgan fingerprint density at radius 1 is 1.00 bits per heavy atom. The lowest BCUT2D eigenvalue weighted by Gasteiger charge is -2.34. The van der Waals surface area contributed by atoms with Gasteiger partial charge in [0, 0.05) is 37.8 Å². The lowest BCUT2D eigenvalue weighted by Crippen LogP contribution is -2.48. The molecule has 1 saturated heterocycles. The second kappa shape index (κ2) is 8.40. The molecule has 1 amide bonds. The van der Waals surface area contributed by atoms with Gasteiger partial charge in [0.05, 0.1) is 13.0 Å². The fourth-order valence-corrected chi connectivity index (χ4v) is 3.50. The van der Waals surface area contributed by atoms with Crippen molar-refractivity contribution in [2.45, 2.75) is 19.9 Å². The Balaban J connectivity index is 1.28. The topological polar surface area (TPSA) is 49.6 Å². The molecule has 1 aliphatic heterocycles. The lowest BCUT2D eigenvalue weighted by molar-refractivity contribution is -0.132. The summed E-state index contributed by atoms with van der Waals surface area (Å²) in [4.78, 5) is 16.8. The van der Waals surface area contributed by atoms with Crippen molar-refractivity contribution in [1.82, 2.24) is 15.0 Å². The van der Waals surface area contributed by atoms with E-state index in [-0.39, 0.29) is 5.91 Å². The van der Waals surface area contributed by atoms with Crippen LogP contribution in [0.25, 0.3) is 11.3 Å². The molecule has 1 fully saturated rings. The predicted octanol–water partition coefficient (Wildman–Crippen LogP) is 3.54. The molecule has 0 unspecified atom stereocenters. The number of aryl methyl sites for hydroxylation is 1. The van der Waals surface area contributed by atoms with Gasteiger partial charge in [0.25, 0.3) is 0 Å². The zero-order chi connectivity index (χ0) is 19.3. The number of piperazine rings is 1. The first-order valence-corrected chi connectivity index (χ1v) is 9.74. The van der Waals surface area contributed by atoms with Gasteiger partial charge in [-0.15, -0.1) is 0 Å². The third-order valence-corrected chi connectivity index (χ3v) is 5.21. The van der Waals surface area contributed by atoms with Gasteiger partial charge in [-0.2, -0.15) is 0 Å². The van der Waals surface area contributed by atoms with Crippen molar-refractivity contribution < 1.29 is 9.32 Å². The minimum absolute atomic E-state index is 0.203. The van der Waals surface area contributed by atoms with Crippen LogP contribution < -0.4 is 0 Å². The first kappa shape index (κ1) is 18.4. The van der Waals surface area contributed by atoms with Crippen LogP contribution in [0.3, 0.4) is 0 Å². The van der Waals surface area contributed by atoms with Crippen LogP contribution >= 0.6 is 0 Å². The third kappa shape index (κ3) is 4.49. The van der Waals surface area contributed by atoms with E-state index in [4.69, 9.17) is 4.52 Å². The Kier molecular flexibility index (Phi) is 5.53. The molecule has 5 nitrogen and oxygen atoms in total. The summed E-state index contributed by atoms with van der Waals surface area (Å²) in [5, 5.41) is 4.18. The van der Waals surface area contributed by atoms with Crippen LogP contribution in [-0.2, 0) is 17.8 Å². The number of rotatable bonds is 5. The Bertz CT molecular complexity index is 911. The number of hydrogen-bond donors (Lipinski definition) is 0. The summed E-state index contributed by atoms with van der Waals surface area (Å²) < 4.78 is 5.51. The molecule has 0 bridgehead atoms. The molecule has 1 aromatic heterocycles. The first-order valence-electron chi connectivity index (χ1n) is 9.74. The minimum atomic E-state index is 0.203. The highest BCUT2D eigenvalue weighted by atomic mass is 16.5. The average Bonchev–Trinajstić information content (AvgIpc) is 3.19. The minimum Gasteiger partial charge on any atom is -0.359 e. The van der Waals surface area contributed by atoms with E-state index < -0.39 is 0 Å². The van der Waals surface area contributed by atoms with Crippen molar-refractivity contribution in [3.63, 3.8) is 0 Å². The average molecular weight is 375 g/mol. The molecule has 0 radical (unpaired) electrons. The van der Waals surface area contributed by atoms with Crippen LogP contribution in [0.5, 0.6) is 0 Å². The third-order valence-electron chi connectivity index (χ3n) is 5.21. The van der Waals surface area contributed by atoms with E-state index in [0.717, 1.165) is 55.3 Å². The smallest absolute Gasteiger partial charge is 0.227 e. The molecule has 4 rings (SSSR count). The Morgan fingerprint density at radius 2 is 1.71 bits per heavy atom. The van der Waals surface area contributed by atoms with E-state index in [1.807, 2.05) is 53.4 Å². The Morgan fingerprint density at radius 3 is 2.43 bits per heavy atom. The van der Waals surface area contributed by atoms with Gasteiger partial charge in [0.2, 0.25) is 5.91 Å². The molecule has 0 aliphatic carbocycles. The van der Waals surface area contributed by atoms with E-state index in [1.54, 1.807) is 0 Å². The number of benzene rings is 2. The summed E-state index contributed by atoms with van der Waals surface area (Å²) in [6.07, 6.45) is 0.475. The molecule has 1 aliphatic rings. The van der Waals surface area contributed by atoms with Crippen LogP contribution in [0.2, 0.25) is 0 Å². The molecule has 0 saturated carbocycles. The molecular formula is C23H25N3O2. The highest BCUT2D eigenvalue weighted by molar-refractivity contribution is 5.78. The highest BCUT2D eigenvalue weighted by Crippen LogP contribution is 2.20. The van der Waals surface area contributed by atoms with Crippen LogP contribution in [0, 0.1) is 6.92 Å². The van der Waals surface area contributed by atoms with Gasteiger partial charge < -0.3 is 9.42 Å². The highest BCUT2D eigenvalue weighted by Gasteiger charge is 2.22. The quantitative estimate of drug-likeness (QED) is 0.684. The van der Waals surface area contributed by atoms with Crippen molar-refractivity contribution in [2.75, 3.05) is 26.2 Å². The van der Waals surface area contributed by atoms with Gasteiger partial charge in [-0.1, -0.05) is 65.3 Å². The molecule has 144 valence electrons. The fraction of sp³-hybridized carbons (Fsp3) is 0.304. The van der Waals surface area contributed by atoms with E-state index >= 15 is 0 Å². The van der Waals surface area contributed by atoms with Crippen molar-refractivity contribution in [3.05, 3.63) is 77.6 Å². The second-order valence-electron chi connectivity index (χ2n) is 7.36. The molecule has 28 heavy (non-hydrogen) atoms. The number of carbonyl (C=O) groups is 1. The zero-order valence-electron chi connectivity index (χ0n) is 16.2. The van der Waals surface area contributed by atoms with Gasteiger partial charge >= 0.3 is 0 Å². The molecule has 3 aromatic rings. The maximum Gasteiger partial charge on any atom is 0.227 e. The summed E-state index contributed by atoms with van der Waals surface area (Å²) >= 11 is 0. The molecular weight excluding hydrogens is 350 g/mol. The molecule has 0 N–H and O–H groups in total. The maximum absolute atomic E-state index is 12.6. The van der Waals surface area contributed by atoms with Crippen molar-refractivity contribution in [2.24, 2.45) is 0 Å². The molecule has 5 heteroatoms. The molecule has 0 atom stereocenters. The largest absolute Gasteiger partial charge is 0.359 e. The van der Waals surface area contributed by atoms with E-state index in [1.165, 1.54) is 5.56 Å². The predicted molar refractivity (Wildman–Crippen MR) is 109 cm³/mol. The second-order valence-corrected chi connectivity index (χ2v) is 7.36. The van der Waals surface area contributed by atoms with Crippen molar-refractivity contribution in [1.29, 1.82) is 0 Å². The van der Waals surface area contributed by atoms with Crippen molar-refractivity contribution in [3.8, 4) is 11.3 Å². The normalized spacial score (nSPS) is 15.0. The van der Waals surface area contributed by atoms with Crippen LogP contribution in [-0.4, -0.2) is 47.0 Å². The van der Waals surface area contributed by atoms with Crippen molar-refractivity contribution >= 4 is 5.91 Å². The van der Waals surface area contributed by atoms with Gasteiger partial charge in [0.1, 0.15) is 5.69 Å². The van der Waals surface area contributed by atoms with E-state index in [2.05, 4.69) is 29.1 Å². The summed E-state index contributed by atoms with van der Waals surface area (Å²) in [7, 11) is 0. The van der Waals surface area contributed by atoms with Gasteiger partial charge in [-0.3, -0.25) is 9.69 Å². The van der Waals surface area contributed by atoms with E-state index in [9.17, 15) is 4.79 Å². The Labute approximate surface area is 165 Å². The monoisotopic (exact) mass is 375 g/mol. The summed E-state index contributed by atoms with van der Waals surface area (Å²) in [5.74, 6) is 1.06. The first-order chi connectivity index (χ1) is 13.7. The number of amides is 1. The maximum atomic E-state index is 12.6. The van der Waals surface area contributed by atoms with E-state index in [0.29, 0.717) is 6.42 Å². The van der Waals surface area contributed by atoms with Crippen LogP contribution in [0.1, 0.15) is 16.9 Å². The Hall–Kier alpha value is -2.92. The van der Waals surface area contributed by atoms with Gasteiger partial charge in [-0.25, -0.2) is 0 Å². The SMILES string of the molecule is Cc1ccc(CC(=O)N2CCN(Cc3cc(-c4ccccc4)no3)CC2)cc1. The number of hydrogen-bond acceptors (Lipinski definition) is 4. The number of nitrogens with zero attached hydrogens (tertiary/aromatic N) is 3. The van der Waals surface area contributed by atoms with Crippen LogP contribution in [0.15, 0.2) is 65.2 Å². The zero-order valence-corrected chi connectivity index (χ0v) is 16.2.